The van der Waals surface area contributed by atoms with E-state index in [9.17, 15) is 0 Å². The molecule has 3 aliphatic rings. The van der Waals surface area contributed by atoms with Crippen LogP contribution in [0, 0.1) is 5.41 Å². The third-order valence-electron chi connectivity index (χ3n) is 5.58. The summed E-state index contributed by atoms with van der Waals surface area (Å²) in [7, 11) is 0. The first-order valence-electron chi connectivity index (χ1n) is 8.25. The number of hydrogen-bond donors (Lipinski definition) is 0. The van der Waals surface area contributed by atoms with Gasteiger partial charge in [0, 0.05) is 24.5 Å². The number of ether oxygens (including phenoxy) is 1. The van der Waals surface area contributed by atoms with Gasteiger partial charge in [0.05, 0.1) is 12.7 Å². The second kappa shape index (κ2) is 6.44. The van der Waals surface area contributed by atoms with Gasteiger partial charge in [-0.1, -0.05) is 48.0 Å². The van der Waals surface area contributed by atoms with E-state index in [1.165, 1.54) is 69.7 Å². The molecule has 3 heteroatoms. The summed E-state index contributed by atoms with van der Waals surface area (Å²) in [6.45, 7) is 3.43. The minimum atomic E-state index is 0.540. The number of fused-ring (bicyclic) bond motifs is 1. The predicted octanol–water partition coefficient (Wildman–Crippen LogP) is 3.98. The number of nitrogens with zero attached hydrogens (tertiary/aromatic N) is 1. The number of rotatable bonds is 3. The smallest absolute Gasteiger partial charge is 0.0730 e. The van der Waals surface area contributed by atoms with Gasteiger partial charge in [0.2, 0.25) is 0 Å². The number of morpholine rings is 1. The zero-order valence-electron chi connectivity index (χ0n) is 12.1. The van der Waals surface area contributed by atoms with Crippen LogP contribution in [0.5, 0.6) is 0 Å². The van der Waals surface area contributed by atoms with E-state index in [2.05, 4.69) is 20.8 Å². The maximum Gasteiger partial charge on any atom is 0.0730 e. The highest BCUT2D eigenvalue weighted by Gasteiger charge is 2.39. The van der Waals surface area contributed by atoms with Crippen molar-refractivity contribution in [3.63, 3.8) is 0 Å². The Hall–Kier alpha value is 0.400. The third kappa shape index (κ3) is 3.19. The van der Waals surface area contributed by atoms with Gasteiger partial charge in [-0.15, -0.1) is 0 Å². The van der Waals surface area contributed by atoms with Crippen LogP contribution in [0.15, 0.2) is 0 Å². The Morgan fingerprint density at radius 3 is 2.63 bits per heavy atom. The molecule has 2 aliphatic carbocycles. The number of alkyl halides is 1. The first kappa shape index (κ1) is 14.3. The fourth-order valence-electron chi connectivity index (χ4n) is 4.44. The van der Waals surface area contributed by atoms with Crippen LogP contribution in [0.2, 0.25) is 0 Å². The molecule has 19 heavy (non-hydrogen) atoms. The molecule has 0 aromatic carbocycles. The first-order chi connectivity index (χ1) is 9.33. The quantitative estimate of drug-likeness (QED) is 0.726. The summed E-state index contributed by atoms with van der Waals surface area (Å²) < 4.78 is 6.01. The van der Waals surface area contributed by atoms with Gasteiger partial charge in [-0.05, 0) is 31.1 Å². The van der Waals surface area contributed by atoms with E-state index < -0.39 is 0 Å². The molecule has 0 spiro atoms. The highest BCUT2D eigenvalue weighted by atomic mass is 79.9. The van der Waals surface area contributed by atoms with Crippen molar-refractivity contribution in [2.75, 3.05) is 25.0 Å². The van der Waals surface area contributed by atoms with Crippen LogP contribution in [0.4, 0.5) is 0 Å². The fraction of sp³-hybridized carbons (Fsp3) is 1.00. The van der Waals surface area contributed by atoms with E-state index in [0.29, 0.717) is 11.5 Å². The first-order valence-corrected chi connectivity index (χ1v) is 9.37. The van der Waals surface area contributed by atoms with Crippen molar-refractivity contribution >= 4 is 15.9 Å². The highest BCUT2D eigenvalue weighted by molar-refractivity contribution is 9.09. The number of halogens is 1. The van der Waals surface area contributed by atoms with Crippen molar-refractivity contribution in [2.24, 2.45) is 5.41 Å². The molecular weight excluding hydrogens is 302 g/mol. The molecule has 3 rings (SSSR count). The van der Waals surface area contributed by atoms with Crippen LogP contribution in [0.1, 0.15) is 57.8 Å². The molecule has 2 unspecified atom stereocenters. The zero-order valence-corrected chi connectivity index (χ0v) is 13.7. The zero-order chi connectivity index (χ0) is 13.1. The maximum absolute atomic E-state index is 6.01. The van der Waals surface area contributed by atoms with Gasteiger partial charge in [-0.2, -0.15) is 0 Å². The molecule has 2 saturated carbocycles. The fourth-order valence-corrected chi connectivity index (χ4v) is 5.18. The van der Waals surface area contributed by atoms with E-state index in [4.69, 9.17) is 4.74 Å². The summed E-state index contributed by atoms with van der Waals surface area (Å²) in [4.78, 5) is 2.79. The summed E-state index contributed by atoms with van der Waals surface area (Å²) in [6.07, 6.45) is 13.1. The Labute approximate surface area is 126 Å². The lowest BCUT2D eigenvalue weighted by Crippen LogP contribution is -2.56. The van der Waals surface area contributed by atoms with Crippen molar-refractivity contribution in [3.05, 3.63) is 0 Å². The van der Waals surface area contributed by atoms with Crippen molar-refractivity contribution < 1.29 is 4.74 Å². The van der Waals surface area contributed by atoms with Crippen LogP contribution in [0.25, 0.3) is 0 Å². The van der Waals surface area contributed by atoms with Crippen molar-refractivity contribution in [1.82, 2.24) is 4.90 Å². The predicted molar refractivity (Wildman–Crippen MR) is 82.9 cm³/mol. The second-order valence-electron chi connectivity index (χ2n) is 6.93. The molecule has 1 aliphatic heterocycles. The van der Waals surface area contributed by atoms with Crippen LogP contribution < -0.4 is 0 Å². The van der Waals surface area contributed by atoms with Crippen molar-refractivity contribution in [2.45, 2.75) is 69.9 Å². The van der Waals surface area contributed by atoms with Crippen LogP contribution in [-0.2, 0) is 4.74 Å². The van der Waals surface area contributed by atoms with Crippen LogP contribution >= 0.6 is 15.9 Å². The molecule has 0 bridgehead atoms. The Kier molecular flexibility index (Phi) is 4.86. The summed E-state index contributed by atoms with van der Waals surface area (Å²) in [5, 5.41) is 1.19. The minimum absolute atomic E-state index is 0.540. The molecule has 1 heterocycles. The Balaban J connectivity index is 1.66. The summed E-state index contributed by atoms with van der Waals surface area (Å²) in [6, 6.07) is 0.723. The maximum atomic E-state index is 6.01. The van der Waals surface area contributed by atoms with Crippen LogP contribution in [-0.4, -0.2) is 42.1 Å². The lowest BCUT2D eigenvalue weighted by molar-refractivity contribution is -0.0995. The van der Waals surface area contributed by atoms with Gasteiger partial charge in [0.1, 0.15) is 0 Å². The molecule has 0 aromatic heterocycles. The molecular formula is C16H28BrNO. The highest BCUT2D eigenvalue weighted by Crippen LogP contribution is 2.40. The molecule has 2 atom stereocenters. The second-order valence-corrected chi connectivity index (χ2v) is 7.49. The van der Waals surface area contributed by atoms with Gasteiger partial charge in [-0.3, -0.25) is 4.90 Å². The van der Waals surface area contributed by atoms with Crippen molar-refractivity contribution in [1.29, 1.82) is 0 Å². The molecule has 0 N–H and O–H groups in total. The Bertz CT molecular complexity index is 288. The third-order valence-corrected chi connectivity index (χ3v) is 6.77. The van der Waals surface area contributed by atoms with E-state index in [1.807, 2.05) is 0 Å². The lowest BCUT2D eigenvalue weighted by Gasteiger charge is -2.48. The van der Waals surface area contributed by atoms with Gasteiger partial charge in [0.15, 0.2) is 0 Å². The lowest BCUT2D eigenvalue weighted by atomic mass is 9.74. The van der Waals surface area contributed by atoms with Gasteiger partial charge in [0.25, 0.3) is 0 Å². The van der Waals surface area contributed by atoms with E-state index in [1.54, 1.807) is 0 Å². The monoisotopic (exact) mass is 329 g/mol. The molecule has 1 saturated heterocycles. The SMILES string of the molecule is BrCC1(CN2CCOC3CCCCC32)CCCCC1. The van der Waals surface area contributed by atoms with Crippen LogP contribution in [0.3, 0.4) is 0 Å². The largest absolute Gasteiger partial charge is 0.375 e. The van der Waals surface area contributed by atoms with Gasteiger partial charge in [-0.25, -0.2) is 0 Å². The number of hydrogen-bond acceptors (Lipinski definition) is 2. The molecule has 0 amide bonds. The average Bonchev–Trinajstić information content (AvgIpc) is 2.49. The Morgan fingerprint density at radius 1 is 1.05 bits per heavy atom. The van der Waals surface area contributed by atoms with E-state index >= 15 is 0 Å². The van der Waals surface area contributed by atoms with Gasteiger partial charge >= 0.3 is 0 Å². The van der Waals surface area contributed by atoms with Crippen molar-refractivity contribution in [3.8, 4) is 0 Å². The van der Waals surface area contributed by atoms with E-state index in [0.717, 1.165) is 19.2 Å². The minimum Gasteiger partial charge on any atom is -0.375 e. The average molecular weight is 330 g/mol. The molecule has 0 aromatic rings. The topological polar surface area (TPSA) is 12.5 Å². The Morgan fingerprint density at radius 2 is 1.84 bits per heavy atom. The molecule has 110 valence electrons. The normalized spacial score (nSPS) is 35.8. The molecule has 0 radical (unpaired) electrons. The standard InChI is InChI=1S/C16H28BrNO/c17-12-16(8-4-1-5-9-16)13-18-10-11-19-15-7-3-2-6-14(15)18/h14-15H,1-13H2. The summed E-state index contributed by atoms with van der Waals surface area (Å²) in [5.41, 5.74) is 0.553. The summed E-state index contributed by atoms with van der Waals surface area (Å²) in [5.74, 6) is 0. The van der Waals surface area contributed by atoms with Gasteiger partial charge < -0.3 is 4.74 Å². The van der Waals surface area contributed by atoms with E-state index in [-0.39, 0.29) is 0 Å². The molecule has 2 nitrogen and oxygen atoms in total. The molecule has 3 fully saturated rings. The summed E-state index contributed by atoms with van der Waals surface area (Å²) >= 11 is 3.83.